The van der Waals surface area contributed by atoms with E-state index in [-0.39, 0.29) is 11.8 Å². The number of ether oxygens (including phenoxy) is 1. The highest BCUT2D eigenvalue weighted by Gasteiger charge is 2.23. The quantitative estimate of drug-likeness (QED) is 0.864. The summed E-state index contributed by atoms with van der Waals surface area (Å²) in [4.78, 5) is 16.1. The van der Waals surface area contributed by atoms with Gasteiger partial charge in [0.15, 0.2) is 5.82 Å². The number of carbonyl (C=O) groups excluding carboxylic acids is 1. The number of piperazine rings is 1. The van der Waals surface area contributed by atoms with Gasteiger partial charge < -0.3 is 14.5 Å². The lowest BCUT2D eigenvalue weighted by Crippen LogP contribution is -2.50. The Morgan fingerprint density at radius 2 is 1.71 bits per heavy atom. The molecule has 0 aliphatic carbocycles. The zero-order chi connectivity index (χ0) is 16.9. The van der Waals surface area contributed by atoms with Crippen LogP contribution in [-0.4, -0.2) is 47.2 Å². The predicted molar refractivity (Wildman–Crippen MR) is 92.2 cm³/mol. The van der Waals surface area contributed by atoms with Crippen LogP contribution in [0.3, 0.4) is 0 Å². The molecule has 0 unspecified atom stereocenters. The minimum atomic E-state index is 0.0470. The number of hydrogen-bond acceptors (Lipinski definition) is 5. The van der Waals surface area contributed by atoms with E-state index in [1.165, 1.54) is 0 Å². The second-order valence-electron chi connectivity index (χ2n) is 6.11. The number of nitrogens with zero attached hydrogens (tertiary/aromatic N) is 4. The number of anilines is 1. The number of amides is 1. The Morgan fingerprint density at radius 1 is 1.00 bits per heavy atom. The molecule has 24 heavy (non-hydrogen) atoms. The van der Waals surface area contributed by atoms with Crippen LogP contribution in [0, 0.1) is 5.92 Å². The molecule has 1 fully saturated rings. The molecule has 1 aromatic carbocycles. The van der Waals surface area contributed by atoms with Crippen molar-refractivity contribution in [1.29, 1.82) is 0 Å². The molecule has 3 rings (SSSR count). The SMILES string of the molecule is CC(C)C(=O)N1CCN(c2ccc(Oc3ccccc3)nn2)CC1. The van der Waals surface area contributed by atoms with Gasteiger partial charge in [0.05, 0.1) is 0 Å². The van der Waals surface area contributed by atoms with Crippen LogP contribution in [0.1, 0.15) is 13.8 Å². The fourth-order valence-electron chi connectivity index (χ4n) is 2.67. The second-order valence-corrected chi connectivity index (χ2v) is 6.11. The Hall–Kier alpha value is -2.63. The Morgan fingerprint density at radius 3 is 2.29 bits per heavy atom. The van der Waals surface area contributed by atoms with Gasteiger partial charge in [-0.25, -0.2) is 0 Å². The smallest absolute Gasteiger partial charge is 0.238 e. The molecule has 1 amide bonds. The van der Waals surface area contributed by atoms with Gasteiger partial charge in [0.2, 0.25) is 11.8 Å². The molecule has 0 bridgehead atoms. The van der Waals surface area contributed by atoms with E-state index >= 15 is 0 Å². The first-order valence-corrected chi connectivity index (χ1v) is 8.24. The van der Waals surface area contributed by atoms with Crippen molar-refractivity contribution in [2.24, 2.45) is 5.92 Å². The first kappa shape index (κ1) is 16.2. The van der Waals surface area contributed by atoms with E-state index in [1.54, 1.807) is 0 Å². The fourth-order valence-corrected chi connectivity index (χ4v) is 2.67. The van der Waals surface area contributed by atoms with Crippen LogP contribution in [0.5, 0.6) is 11.6 Å². The molecule has 0 N–H and O–H groups in total. The number of aromatic nitrogens is 2. The van der Waals surface area contributed by atoms with Crippen molar-refractivity contribution in [1.82, 2.24) is 15.1 Å². The molecular weight excluding hydrogens is 304 g/mol. The average molecular weight is 326 g/mol. The van der Waals surface area contributed by atoms with Gasteiger partial charge in [-0.1, -0.05) is 32.0 Å². The van der Waals surface area contributed by atoms with Crippen LogP contribution < -0.4 is 9.64 Å². The standard InChI is InChI=1S/C18H22N4O2/c1-14(2)18(23)22-12-10-21(11-13-22)16-8-9-17(20-19-16)24-15-6-4-3-5-7-15/h3-9,14H,10-13H2,1-2H3. The molecule has 1 aliphatic rings. The van der Waals surface area contributed by atoms with E-state index in [0.717, 1.165) is 37.7 Å². The average Bonchev–Trinajstić information content (AvgIpc) is 2.63. The molecule has 126 valence electrons. The van der Waals surface area contributed by atoms with Gasteiger partial charge in [-0.2, -0.15) is 0 Å². The predicted octanol–water partition coefficient (Wildman–Crippen LogP) is 2.57. The van der Waals surface area contributed by atoms with Gasteiger partial charge in [0, 0.05) is 38.2 Å². The summed E-state index contributed by atoms with van der Waals surface area (Å²) in [7, 11) is 0. The van der Waals surface area contributed by atoms with Crippen molar-refractivity contribution < 1.29 is 9.53 Å². The Kier molecular flexibility index (Phi) is 4.93. The van der Waals surface area contributed by atoms with Crippen molar-refractivity contribution in [3.63, 3.8) is 0 Å². The molecule has 0 spiro atoms. The molecule has 6 heteroatoms. The number of benzene rings is 1. The summed E-state index contributed by atoms with van der Waals surface area (Å²) in [6, 6.07) is 13.2. The van der Waals surface area contributed by atoms with Gasteiger partial charge in [0.25, 0.3) is 0 Å². The highest BCUT2D eigenvalue weighted by Crippen LogP contribution is 2.20. The summed E-state index contributed by atoms with van der Waals surface area (Å²) in [6.07, 6.45) is 0. The van der Waals surface area contributed by atoms with E-state index in [9.17, 15) is 4.79 Å². The Labute approximate surface area is 142 Å². The Balaban J connectivity index is 1.58. The molecule has 6 nitrogen and oxygen atoms in total. The van der Waals surface area contributed by atoms with Crippen LogP contribution in [0.25, 0.3) is 0 Å². The van der Waals surface area contributed by atoms with Gasteiger partial charge in [0.1, 0.15) is 5.75 Å². The summed E-state index contributed by atoms with van der Waals surface area (Å²) in [6.45, 7) is 6.86. The van der Waals surface area contributed by atoms with E-state index in [4.69, 9.17) is 4.74 Å². The molecule has 0 radical (unpaired) electrons. The highest BCUT2D eigenvalue weighted by molar-refractivity contribution is 5.78. The summed E-state index contributed by atoms with van der Waals surface area (Å²) >= 11 is 0. The molecule has 1 aromatic heterocycles. The third-order valence-electron chi connectivity index (χ3n) is 4.00. The van der Waals surface area contributed by atoms with Crippen molar-refractivity contribution in [3.05, 3.63) is 42.5 Å². The molecule has 0 atom stereocenters. The summed E-state index contributed by atoms with van der Waals surface area (Å²) in [5, 5.41) is 8.39. The first-order chi connectivity index (χ1) is 11.6. The zero-order valence-electron chi connectivity index (χ0n) is 14.1. The van der Waals surface area contributed by atoms with E-state index in [0.29, 0.717) is 5.88 Å². The van der Waals surface area contributed by atoms with Crippen LogP contribution in [-0.2, 0) is 4.79 Å². The normalized spacial score (nSPS) is 14.8. The molecule has 2 aromatic rings. The molecule has 1 aliphatic heterocycles. The van der Waals surface area contributed by atoms with Gasteiger partial charge >= 0.3 is 0 Å². The van der Waals surface area contributed by atoms with Crippen LogP contribution >= 0.6 is 0 Å². The van der Waals surface area contributed by atoms with Crippen molar-refractivity contribution >= 4 is 11.7 Å². The lowest BCUT2D eigenvalue weighted by molar-refractivity contribution is -0.134. The highest BCUT2D eigenvalue weighted by atomic mass is 16.5. The lowest BCUT2D eigenvalue weighted by Gasteiger charge is -2.36. The molecular formula is C18H22N4O2. The first-order valence-electron chi connectivity index (χ1n) is 8.24. The maximum atomic E-state index is 12.0. The molecule has 0 saturated carbocycles. The third kappa shape index (κ3) is 3.82. The maximum absolute atomic E-state index is 12.0. The van der Waals surface area contributed by atoms with Gasteiger partial charge in [-0.05, 0) is 18.2 Å². The minimum Gasteiger partial charge on any atom is -0.438 e. The zero-order valence-corrected chi connectivity index (χ0v) is 14.1. The molecule has 1 saturated heterocycles. The Bertz CT molecular complexity index is 665. The molecule has 2 heterocycles. The van der Waals surface area contributed by atoms with E-state index in [2.05, 4.69) is 15.1 Å². The third-order valence-corrected chi connectivity index (χ3v) is 4.00. The second kappa shape index (κ2) is 7.29. The number of para-hydroxylation sites is 1. The summed E-state index contributed by atoms with van der Waals surface area (Å²) in [5.41, 5.74) is 0. The maximum Gasteiger partial charge on any atom is 0.238 e. The van der Waals surface area contributed by atoms with Crippen molar-refractivity contribution in [3.8, 4) is 11.6 Å². The number of hydrogen-bond donors (Lipinski definition) is 0. The van der Waals surface area contributed by atoms with Crippen LogP contribution in [0.2, 0.25) is 0 Å². The lowest BCUT2D eigenvalue weighted by atomic mass is 10.1. The number of rotatable bonds is 4. The summed E-state index contributed by atoms with van der Waals surface area (Å²) < 4.78 is 5.65. The van der Waals surface area contributed by atoms with Crippen molar-refractivity contribution in [2.75, 3.05) is 31.1 Å². The minimum absolute atomic E-state index is 0.0470. The topological polar surface area (TPSA) is 58.6 Å². The van der Waals surface area contributed by atoms with Crippen LogP contribution in [0.15, 0.2) is 42.5 Å². The van der Waals surface area contributed by atoms with Crippen molar-refractivity contribution in [2.45, 2.75) is 13.8 Å². The van der Waals surface area contributed by atoms with E-state index in [1.807, 2.05) is 61.2 Å². The van der Waals surface area contributed by atoms with Gasteiger partial charge in [-0.3, -0.25) is 4.79 Å². The van der Waals surface area contributed by atoms with Gasteiger partial charge in [-0.15, -0.1) is 10.2 Å². The fraction of sp³-hybridized carbons (Fsp3) is 0.389. The monoisotopic (exact) mass is 326 g/mol. The van der Waals surface area contributed by atoms with Crippen LogP contribution in [0.4, 0.5) is 5.82 Å². The largest absolute Gasteiger partial charge is 0.438 e. The summed E-state index contributed by atoms with van der Waals surface area (Å²) in [5.74, 6) is 2.28. The van der Waals surface area contributed by atoms with E-state index < -0.39 is 0 Å². The number of carbonyl (C=O) groups is 1.